The number of imidazole rings is 1. The first-order valence-electron chi connectivity index (χ1n) is 9.93. The van der Waals surface area contributed by atoms with Gasteiger partial charge in [-0.25, -0.2) is 9.97 Å². The lowest BCUT2D eigenvalue weighted by molar-refractivity contribution is 1.11. The Labute approximate surface area is 184 Å². The SMILES string of the molecule is N#Cc1c(-c2ccccc2)cc(-c2ccccc2)nc1SCc1cn2ccccc2n1. The molecule has 0 amide bonds. The second kappa shape index (κ2) is 8.47. The highest BCUT2D eigenvalue weighted by molar-refractivity contribution is 7.98. The summed E-state index contributed by atoms with van der Waals surface area (Å²) in [6.45, 7) is 0. The number of thioether (sulfide) groups is 1. The molecular formula is C26H18N4S. The van der Waals surface area contributed by atoms with Crippen molar-refractivity contribution in [2.45, 2.75) is 10.8 Å². The normalized spacial score (nSPS) is 10.8. The highest BCUT2D eigenvalue weighted by Crippen LogP contribution is 2.35. The van der Waals surface area contributed by atoms with Crippen LogP contribution in [0.3, 0.4) is 0 Å². The van der Waals surface area contributed by atoms with Gasteiger partial charge < -0.3 is 4.40 Å². The molecule has 0 fully saturated rings. The van der Waals surface area contributed by atoms with Crippen molar-refractivity contribution >= 4 is 17.4 Å². The van der Waals surface area contributed by atoms with Gasteiger partial charge in [0.2, 0.25) is 0 Å². The molecule has 0 aliphatic rings. The van der Waals surface area contributed by atoms with Gasteiger partial charge in [-0.05, 0) is 23.8 Å². The molecule has 5 aromatic rings. The third kappa shape index (κ3) is 3.94. The predicted octanol–water partition coefficient (Wildman–Crippen LogP) is 6.23. The summed E-state index contributed by atoms with van der Waals surface area (Å²) < 4.78 is 2.00. The molecule has 3 heterocycles. The Morgan fingerprint density at radius 3 is 2.26 bits per heavy atom. The molecule has 0 spiro atoms. The van der Waals surface area contributed by atoms with Crippen molar-refractivity contribution in [3.63, 3.8) is 0 Å². The molecule has 0 saturated carbocycles. The minimum absolute atomic E-state index is 0.597. The molecule has 4 nitrogen and oxygen atoms in total. The molecule has 2 aromatic carbocycles. The maximum absolute atomic E-state index is 10.0. The summed E-state index contributed by atoms with van der Waals surface area (Å²) in [6, 6.07) is 30.4. The van der Waals surface area contributed by atoms with Gasteiger partial charge in [-0.1, -0.05) is 78.5 Å². The van der Waals surface area contributed by atoms with Crippen LogP contribution < -0.4 is 0 Å². The van der Waals surface area contributed by atoms with Gasteiger partial charge in [0.15, 0.2) is 0 Å². The van der Waals surface area contributed by atoms with Crippen LogP contribution >= 0.6 is 11.8 Å². The standard InChI is InChI=1S/C26H18N4S/c27-16-23-22(19-9-3-1-4-10-19)15-24(20-11-5-2-6-12-20)29-26(23)31-18-21-17-30-14-8-7-13-25(30)28-21/h1-15,17H,18H2. The zero-order valence-corrected chi connectivity index (χ0v) is 17.5. The molecule has 0 N–H and O–H groups in total. The molecule has 3 aromatic heterocycles. The fourth-order valence-electron chi connectivity index (χ4n) is 3.54. The number of nitrogens with zero attached hydrogens (tertiary/aromatic N) is 4. The zero-order chi connectivity index (χ0) is 21.0. The number of benzene rings is 2. The van der Waals surface area contributed by atoms with Gasteiger partial charge in [-0.15, -0.1) is 0 Å². The second-order valence-corrected chi connectivity index (χ2v) is 8.03. The molecule has 0 atom stereocenters. The molecule has 0 unspecified atom stereocenters. The van der Waals surface area contributed by atoms with E-state index in [4.69, 9.17) is 4.98 Å². The maximum atomic E-state index is 10.0. The summed E-state index contributed by atoms with van der Waals surface area (Å²) in [6.07, 6.45) is 4.01. The van der Waals surface area contributed by atoms with Crippen molar-refractivity contribution in [1.29, 1.82) is 5.26 Å². The lowest BCUT2D eigenvalue weighted by Crippen LogP contribution is -1.96. The number of aromatic nitrogens is 3. The Balaban J connectivity index is 1.58. The van der Waals surface area contributed by atoms with Crippen molar-refractivity contribution < 1.29 is 0 Å². The van der Waals surface area contributed by atoms with Gasteiger partial charge in [0.05, 0.1) is 17.0 Å². The summed E-state index contributed by atoms with van der Waals surface area (Å²) in [5.41, 5.74) is 6.25. The Morgan fingerprint density at radius 2 is 1.55 bits per heavy atom. The van der Waals surface area contributed by atoms with Crippen LogP contribution in [0.2, 0.25) is 0 Å². The Morgan fingerprint density at radius 1 is 0.839 bits per heavy atom. The van der Waals surface area contributed by atoms with Crippen LogP contribution in [0, 0.1) is 11.3 Å². The summed E-state index contributed by atoms with van der Waals surface area (Å²) in [7, 11) is 0. The summed E-state index contributed by atoms with van der Waals surface area (Å²) in [5, 5.41) is 10.7. The molecule has 0 radical (unpaired) electrons. The summed E-state index contributed by atoms with van der Waals surface area (Å²) >= 11 is 1.55. The van der Waals surface area contributed by atoms with Crippen LogP contribution in [-0.4, -0.2) is 14.4 Å². The third-order valence-corrected chi connectivity index (χ3v) is 6.03. The molecule has 0 bridgehead atoms. The maximum Gasteiger partial charge on any atom is 0.137 e. The van der Waals surface area contributed by atoms with E-state index >= 15 is 0 Å². The summed E-state index contributed by atoms with van der Waals surface area (Å²) in [4.78, 5) is 9.55. The van der Waals surface area contributed by atoms with Gasteiger partial charge >= 0.3 is 0 Å². The number of fused-ring (bicyclic) bond motifs is 1. The molecule has 5 heteroatoms. The first-order valence-corrected chi connectivity index (χ1v) is 10.9. The van der Waals surface area contributed by atoms with Gasteiger partial charge in [0, 0.05) is 29.3 Å². The average Bonchev–Trinajstić information content (AvgIpc) is 3.26. The highest BCUT2D eigenvalue weighted by atomic mass is 32.2. The van der Waals surface area contributed by atoms with Gasteiger partial charge in [-0.3, -0.25) is 0 Å². The van der Waals surface area contributed by atoms with Crippen molar-refractivity contribution in [1.82, 2.24) is 14.4 Å². The average molecular weight is 419 g/mol. The van der Waals surface area contributed by atoms with E-state index in [1.165, 1.54) is 0 Å². The van der Waals surface area contributed by atoms with Gasteiger partial charge in [-0.2, -0.15) is 5.26 Å². The monoisotopic (exact) mass is 418 g/mol. The first kappa shape index (κ1) is 19.1. The Kier molecular flexibility index (Phi) is 5.22. The van der Waals surface area contributed by atoms with Crippen LogP contribution in [-0.2, 0) is 5.75 Å². The van der Waals surface area contributed by atoms with Gasteiger partial charge in [0.25, 0.3) is 0 Å². The summed E-state index contributed by atoms with van der Waals surface area (Å²) in [5.74, 6) is 0.635. The molecule has 0 aliphatic heterocycles. The fourth-order valence-corrected chi connectivity index (χ4v) is 4.42. The van der Waals surface area contributed by atoms with Crippen LogP contribution in [0.15, 0.2) is 102 Å². The largest absolute Gasteiger partial charge is 0.307 e. The number of hydrogen-bond donors (Lipinski definition) is 0. The smallest absolute Gasteiger partial charge is 0.137 e. The van der Waals surface area contributed by atoms with Crippen LogP contribution in [0.25, 0.3) is 28.0 Å². The number of nitriles is 1. The fraction of sp³-hybridized carbons (Fsp3) is 0.0385. The van der Waals surface area contributed by atoms with Crippen molar-refractivity contribution in [2.24, 2.45) is 0 Å². The molecular weight excluding hydrogens is 400 g/mol. The van der Waals surface area contributed by atoms with E-state index in [1.54, 1.807) is 11.8 Å². The van der Waals surface area contributed by atoms with Crippen molar-refractivity contribution in [2.75, 3.05) is 0 Å². The highest BCUT2D eigenvalue weighted by Gasteiger charge is 2.16. The van der Waals surface area contributed by atoms with Crippen molar-refractivity contribution in [3.8, 4) is 28.5 Å². The minimum Gasteiger partial charge on any atom is -0.307 e. The number of rotatable bonds is 5. The van der Waals surface area contributed by atoms with Crippen LogP contribution in [0.1, 0.15) is 11.3 Å². The number of pyridine rings is 2. The lowest BCUT2D eigenvalue weighted by Gasteiger charge is -2.12. The van der Waals surface area contributed by atoms with Crippen molar-refractivity contribution in [3.05, 3.63) is 109 Å². The third-order valence-electron chi connectivity index (χ3n) is 5.02. The van der Waals surface area contributed by atoms with E-state index < -0.39 is 0 Å². The van der Waals surface area contributed by atoms with E-state index in [0.29, 0.717) is 11.3 Å². The zero-order valence-electron chi connectivity index (χ0n) is 16.6. The Bertz CT molecular complexity index is 1350. The molecule has 0 saturated heterocycles. The van der Waals surface area contributed by atoms with Gasteiger partial charge in [0.1, 0.15) is 16.7 Å². The van der Waals surface area contributed by atoms with E-state index in [1.807, 2.05) is 102 Å². The second-order valence-electron chi connectivity index (χ2n) is 7.07. The molecule has 0 aliphatic carbocycles. The van der Waals surface area contributed by atoms with E-state index in [0.717, 1.165) is 38.8 Å². The van der Waals surface area contributed by atoms with E-state index in [-0.39, 0.29) is 0 Å². The molecule has 31 heavy (non-hydrogen) atoms. The van der Waals surface area contributed by atoms with Crippen LogP contribution in [0.4, 0.5) is 0 Å². The quantitative estimate of drug-likeness (QED) is 0.318. The molecule has 148 valence electrons. The Hall–Kier alpha value is -3.88. The minimum atomic E-state index is 0.597. The molecule has 5 rings (SSSR count). The van der Waals surface area contributed by atoms with E-state index in [9.17, 15) is 5.26 Å². The first-order chi connectivity index (χ1) is 15.3. The lowest BCUT2D eigenvalue weighted by atomic mass is 9.99. The van der Waals surface area contributed by atoms with E-state index in [2.05, 4.69) is 11.1 Å². The van der Waals surface area contributed by atoms with Crippen LogP contribution in [0.5, 0.6) is 0 Å². The topological polar surface area (TPSA) is 54.0 Å². The number of hydrogen-bond acceptors (Lipinski definition) is 4. The predicted molar refractivity (Wildman–Crippen MR) is 125 cm³/mol.